The summed E-state index contributed by atoms with van der Waals surface area (Å²) in [5.74, 6) is 1.29. The van der Waals surface area contributed by atoms with Crippen LogP contribution in [0.4, 0.5) is 0 Å². The summed E-state index contributed by atoms with van der Waals surface area (Å²) in [6.45, 7) is 4.09. The van der Waals surface area contributed by atoms with Gasteiger partial charge in [0.1, 0.15) is 5.75 Å². The molecule has 2 aromatic rings. The lowest BCUT2D eigenvalue weighted by Gasteiger charge is -2.29. The molecule has 1 aliphatic rings. The van der Waals surface area contributed by atoms with Crippen LogP contribution in [0.15, 0.2) is 48.5 Å². The molecule has 0 aromatic heterocycles. The predicted octanol–water partition coefficient (Wildman–Crippen LogP) is 3.75. The molecule has 1 heterocycles. The van der Waals surface area contributed by atoms with Crippen molar-refractivity contribution in [2.24, 2.45) is 5.92 Å². The number of carbonyl (C=O) groups is 2. The Bertz CT molecular complexity index is 865. The highest BCUT2D eigenvalue weighted by atomic mass is 16.5. The van der Waals surface area contributed by atoms with Gasteiger partial charge in [-0.25, -0.2) is 0 Å². The minimum Gasteiger partial charge on any atom is -0.496 e. The monoisotopic (exact) mass is 408 g/mol. The Kier molecular flexibility index (Phi) is 7.89. The topological polar surface area (TPSA) is 58.6 Å². The van der Waals surface area contributed by atoms with E-state index in [2.05, 4.69) is 30.4 Å². The van der Waals surface area contributed by atoms with Crippen LogP contribution < -0.4 is 10.1 Å². The number of methoxy groups -OCH3 is 1. The van der Waals surface area contributed by atoms with Gasteiger partial charge in [0.05, 0.1) is 7.11 Å². The lowest BCUT2D eigenvalue weighted by atomic mass is 9.97. The quantitative estimate of drug-likeness (QED) is 0.643. The number of para-hydroxylation sites is 1. The van der Waals surface area contributed by atoms with Crippen LogP contribution in [0.25, 0.3) is 0 Å². The summed E-state index contributed by atoms with van der Waals surface area (Å²) in [4.78, 5) is 26.7. The molecule has 1 aliphatic heterocycles. The van der Waals surface area contributed by atoms with Crippen LogP contribution in [0.3, 0.4) is 0 Å². The highest BCUT2D eigenvalue weighted by molar-refractivity contribution is 5.77. The van der Waals surface area contributed by atoms with E-state index in [1.807, 2.05) is 35.2 Å². The number of hydrogen-bond acceptors (Lipinski definition) is 3. The van der Waals surface area contributed by atoms with Crippen LogP contribution in [0.1, 0.15) is 42.9 Å². The number of hydrogen-bond donors (Lipinski definition) is 1. The average molecular weight is 409 g/mol. The van der Waals surface area contributed by atoms with Crippen LogP contribution >= 0.6 is 0 Å². The molecule has 1 atom stereocenters. The molecule has 30 heavy (non-hydrogen) atoms. The molecule has 0 fully saturated rings. The second-order valence-electron chi connectivity index (χ2n) is 8.11. The molecule has 1 unspecified atom stereocenters. The van der Waals surface area contributed by atoms with Crippen molar-refractivity contribution in [3.05, 3.63) is 65.2 Å². The molecule has 0 saturated heterocycles. The Morgan fingerprint density at radius 3 is 2.63 bits per heavy atom. The fraction of sp³-hybridized carbons (Fsp3) is 0.440. The van der Waals surface area contributed by atoms with E-state index in [0.717, 1.165) is 30.7 Å². The Morgan fingerprint density at radius 2 is 1.83 bits per heavy atom. The predicted molar refractivity (Wildman–Crippen MR) is 118 cm³/mol. The highest BCUT2D eigenvalue weighted by Gasteiger charge is 2.20. The van der Waals surface area contributed by atoms with Gasteiger partial charge < -0.3 is 15.0 Å². The maximum absolute atomic E-state index is 12.5. The first-order valence-electron chi connectivity index (χ1n) is 10.8. The van der Waals surface area contributed by atoms with Crippen LogP contribution in [0.2, 0.25) is 0 Å². The summed E-state index contributed by atoms with van der Waals surface area (Å²) in [6, 6.07) is 16.2. The summed E-state index contributed by atoms with van der Waals surface area (Å²) in [6.07, 6.45) is 3.33. The minimum atomic E-state index is 0.0387. The molecular weight excluding hydrogens is 376 g/mol. The van der Waals surface area contributed by atoms with Crippen molar-refractivity contribution < 1.29 is 14.3 Å². The zero-order chi connectivity index (χ0) is 21.3. The van der Waals surface area contributed by atoms with Crippen LogP contribution in [-0.4, -0.2) is 36.9 Å². The molecule has 3 rings (SSSR count). The Morgan fingerprint density at radius 1 is 1.10 bits per heavy atom. The fourth-order valence-corrected chi connectivity index (χ4v) is 4.04. The normalized spacial score (nSPS) is 14.0. The van der Waals surface area contributed by atoms with Gasteiger partial charge in [-0.3, -0.25) is 9.59 Å². The van der Waals surface area contributed by atoms with Crippen molar-refractivity contribution in [1.82, 2.24) is 10.2 Å². The number of nitrogens with zero attached hydrogens (tertiary/aromatic N) is 1. The van der Waals surface area contributed by atoms with Crippen molar-refractivity contribution in [1.29, 1.82) is 0 Å². The van der Waals surface area contributed by atoms with Crippen LogP contribution in [0, 0.1) is 5.92 Å². The molecule has 0 saturated carbocycles. The van der Waals surface area contributed by atoms with E-state index in [1.165, 1.54) is 11.1 Å². The van der Waals surface area contributed by atoms with Crippen molar-refractivity contribution in [3.8, 4) is 5.75 Å². The SMILES string of the molecule is COc1ccccc1CC(C)CC(=O)NCCCC(=O)N1CCc2ccccc2C1. The Balaban J connectivity index is 1.34. The molecular formula is C25H32N2O3. The number of rotatable bonds is 9. The molecule has 5 nitrogen and oxygen atoms in total. The minimum absolute atomic E-state index is 0.0387. The van der Waals surface area contributed by atoms with Gasteiger partial charge in [0.2, 0.25) is 11.8 Å². The lowest BCUT2D eigenvalue weighted by molar-refractivity contribution is -0.132. The standard InChI is InChI=1S/C25H32N2O3/c1-19(16-21-9-5-6-11-23(21)30-2)17-24(28)26-14-7-12-25(29)27-15-13-20-8-3-4-10-22(20)18-27/h3-6,8-11,19H,7,12-18H2,1-2H3,(H,26,28). The smallest absolute Gasteiger partial charge is 0.222 e. The molecule has 2 aromatic carbocycles. The van der Waals surface area contributed by atoms with Gasteiger partial charge in [-0.1, -0.05) is 49.4 Å². The zero-order valence-electron chi connectivity index (χ0n) is 18.0. The fourth-order valence-electron chi connectivity index (χ4n) is 4.04. The van der Waals surface area contributed by atoms with Crippen LogP contribution in [-0.2, 0) is 29.0 Å². The van der Waals surface area contributed by atoms with E-state index in [-0.39, 0.29) is 17.7 Å². The van der Waals surface area contributed by atoms with E-state index in [0.29, 0.717) is 32.4 Å². The summed E-state index contributed by atoms with van der Waals surface area (Å²) in [7, 11) is 1.67. The van der Waals surface area contributed by atoms with E-state index in [4.69, 9.17) is 4.74 Å². The van der Waals surface area contributed by atoms with Crippen LogP contribution in [0.5, 0.6) is 5.75 Å². The molecule has 0 spiro atoms. The van der Waals surface area contributed by atoms with Gasteiger partial charge >= 0.3 is 0 Å². The second-order valence-corrected chi connectivity index (χ2v) is 8.11. The van der Waals surface area contributed by atoms with E-state index < -0.39 is 0 Å². The molecule has 5 heteroatoms. The number of amides is 2. The van der Waals surface area contributed by atoms with Gasteiger partial charge in [0.25, 0.3) is 0 Å². The highest BCUT2D eigenvalue weighted by Crippen LogP contribution is 2.22. The first-order chi connectivity index (χ1) is 14.6. The summed E-state index contributed by atoms with van der Waals surface area (Å²) in [5.41, 5.74) is 3.71. The number of fused-ring (bicyclic) bond motifs is 1. The first kappa shape index (κ1) is 21.9. The zero-order valence-corrected chi connectivity index (χ0v) is 18.0. The Hall–Kier alpha value is -2.82. The second kappa shape index (κ2) is 10.8. The average Bonchev–Trinajstić information content (AvgIpc) is 2.76. The summed E-state index contributed by atoms with van der Waals surface area (Å²) in [5, 5.41) is 2.96. The maximum atomic E-state index is 12.5. The van der Waals surface area contributed by atoms with Crippen molar-refractivity contribution >= 4 is 11.8 Å². The largest absolute Gasteiger partial charge is 0.496 e. The summed E-state index contributed by atoms with van der Waals surface area (Å²) >= 11 is 0. The van der Waals surface area contributed by atoms with Gasteiger partial charge in [0, 0.05) is 32.5 Å². The van der Waals surface area contributed by atoms with E-state index >= 15 is 0 Å². The van der Waals surface area contributed by atoms with E-state index in [1.54, 1.807) is 7.11 Å². The van der Waals surface area contributed by atoms with Gasteiger partial charge in [-0.2, -0.15) is 0 Å². The molecule has 2 amide bonds. The molecule has 0 radical (unpaired) electrons. The lowest BCUT2D eigenvalue weighted by Crippen LogP contribution is -2.36. The number of ether oxygens (including phenoxy) is 1. The van der Waals surface area contributed by atoms with Gasteiger partial charge in [0.15, 0.2) is 0 Å². The van der Waals surface area contributed by atoms with Crippen molar-refractivity contribution in [2.75, 3.05) is 20.2 Å². The van der Waals surface area contributed by atoms with Gasteiger partial charge in [-0.05, 0) is 47.9 Å². The van der Waals surface area contributed by atoms with E-state index in [9.17, 15) is 9.59 Å². The maximum Gasteiger partial charge on any atom is 0.222 e. The van der Waals surface area contributed by atoms with Crippen molar-refractivity contribution in [2.45, 2.75) is 45.6 Å². The number of carbonyl (C=O) groups excluding carboxylic acids is 2. The third-order valence-electron chi connectivity index (χ3n) is 5.67. The first-order valence-corrected chi connectivity index (χ1v) is 10.8. The third-order valence-corrected chi connectivity index (χ3v) is 5.67. The number of benzene rings is 2. The molecule has 0 bridgehead atoms. The summed E-state index contributed by atoms with van der Waals surface area (Å²) < 4.78 is 5.39. The molecule has 1 N–H and O–H groups in total. The molecule has 0 aliphatic carbocycles. The van der Waals surface area contributed by atoms with Crippen molar-refractivity contribution in [3.63, 3.8) is 0 Å². The third kappa shape index (κ3) is 6.09. The Labute approximate surface area is 179 Å². The molecule has 160 valence electrons. The number of nitrogens with one attached hydrogen (secondary N) is 1. The van der Waals surface area contributed by atoms with Gasteiger partial charge in [-0.15, -0.1) is 0 Å².